The number of hydrogen-bond donors (Lipinski definition) is 0. The molecule has 1 aromatic rings. The monoisotopic (exact) mass is 278 g/mol. The Labute approximate surface area is 115 Å². The Balaban J connectivity index is 1.92. The molecule has 19 heavy (non-hydrogen) atoms. The Morgan fingerprint density at radius 1 is 1.21 bits per heavy atom. The van der Waals surface area contributed by atoms with Crippen molar-refractivity contribution in [3.63, 3.8) is 0 Å². The average molecular weight is 278 g/mol. The fraction of sp³-hybridized carbons (Fsp3) is 0.467. The van der Waals surface area contributed by atoms with Crippen LogP contribution in [0.2, 0.25) is 0 Å². The normalized spacial score (nSPS) is 16.1. The molecule has 0 aliphatic heterocycles. The predicted octanol–water partition coefficient (Wildman–Crippen LogP) is 2.89. The average Bonchev–Trinajstić information content (AvgIpc) is 2.88. The summed E-state index contributed by atoms with van der Waals surface area (Å²) in [5, 5.41) is 0. The first-order chi connectivity index (χ1) is 9.08. The first-order valence-corrected chi connectivity index (χ1v) is 7.93. The second-order valence-electron chi connectivity index (χ2n) is 4.83. The van der Waals surface area contributed by atoms with Crippen LogP contribution in [0, 0.1) is 24.7 Å². The van der Waals surface area contributed by atoms with Gasteiger partial charge in [0.2, 0.25) is 0 Å². The van der Waals surface area contributed by atoms with Crippen LogP contribution >= 0.6 is 0 Å². The van der Waals surface area contributed by atoms with Gasteiger partial charge >= 0.3 is 0 Å². The van der Waals surface area contributed by atoms with E-state index in [2.05, 4.69) is 11.8 Å². The molecule has 1 aliphatic rings. The topological polar surface area (TPSA) is 43.4 Å². The van der Waals surface area contributed by atoms with Crippen LogP contribution in [0.15, 0.2) is 29.2 Å². The molecule has 0 aromatic heterocycles. The SMILES string of the molecule is Cc1ccc(S(=O)(=O)OCC#CC2CCCC2)cc1. The van der Waals surface area contributed by atoms with Crippen LogP contribution in [0.4, 0.5) is 0 Å². The highest BCUT2D eigenvalue weighted by Gasteiger charge is 2.14. The third-order valence-corrected chi connectivity index (χ3v) is 4.53. The van der Waals surface area contributed by atoms with Gasteiger partial charge in [-0.3, -0.25) is 4.18 Å². The smallest absolute Gasteiger partial charge is 0.253 e. The second-order valence-corrected chi connectivity index (χ2v) is 6.45. The molecular formula is C15H18O3S. The van der Waals surface area contributed by atoms with Gasteiger partial charge in [0.05, 0.1) is 4.90 Å². The Hall–Kier alpha value is -1.31. The van der Waals surface area contributed by atoms with Crippen LogP contribution in [0.5, 0.6) is 0 Å². The molecule has 0 heterocycles. The molecule has 0 bridgehead atoms. The molecule has 0 radical (unpaired) electrons. The maximum absolute atomic E-state index is 11.8. The van der Waals surface area contributed by atoms with Crippen molar-refractivity contribution >= 4 is 10.1 Å². The van der Waals surface area contributed by atoms with Gasteiger partial charge in [0.25, 0.3) is 10.1 Å². The summed E-state index contributed by atoms with van der Waals surface area (Å²) in [4.78, 5) is 0.181. The van der Waals surface area contributed by atoms with Crippen molar-refractivity contribution in [2.24, 2.45) is 5.92 Å². The Bertz CT molecular complexity index is 570. The minimum Gasteiger partial charge on any atom is -0.253 e. The van der Waals surface area contributed by atoms with E-state index in [0.29, 0.717) is 5.92 Å². The van der Waals surface area contributed by atoms with E-state index in [0.717, 1.165) is 18.4 Å². The summed E-state index contributed by atoms with van der Waals surface area (Å²) in [6.45, 7) is 1.84. The molecule has 3 nitrogen and oxygen atoms in total. The molecule has 4 heteroatoms. The van der Waals surface area contributed by atoms with Crippen molar-refractivity contribution in [2.45, 2.75) is 37.5 Å². The lowest BCUT2D eigenvalue weighted by molar-refractivity contribution is 0.363. The third-order valence-electron chi connectivity index (χ3n) is 3.26. The van der Waals surface area contributed by atoms with Crippen molar-refractivity contribution in [1.82, 2.24) is 0 Å². The molecule has 0 saturated heterocycles. The third kappa shape index (κ3) is 4.09. The van der Waals surface area contributed by atoms with Gasteiger partial charge in [-0.1, -0.05) is 42.4 Å². The summed E-state index contributed by atoms with van der Waals surface area (Å²) in [6.07, 6.45) is 4.69. The zero-order chi connectivity index (χ0) is 13.7. The minimum atomic E-state index is -3.68. The molecule has 1 saturated carbocycles. The first kappa shape index (κ1) is 14.1. The molecular weight excluding hydrogens is 260 g/mol. The molecule has 102 valence electrons. The summed E-state index contributed by atoms with van der Waals surface area (Å²) in [5.74, 6) is 6.31. The van der Waals surface area contributed by atoms with Gasteiger partial charge in [-0.2, -0.15) is 8.42 Å². The fourth-order valence-electron chi connectivity index (χ4n) is 2.14. The van der Waals surface area contributed by atoms with E-state index < -0.39 is 10.1 Å². The summed E-state index contributed by atoms with van der Waals surface area (Å²) in [6, 6.07) is 6.60. The molecule has 0 atom stereocenters. The summed E-state index contributed by atoms with van der Waals surface area (Å²) >= 11 is 0. The highest BCUT2D eigenvalue weighted by atomic mass is 32.2. The number of aryl methyl sites for hydroxylation is 1. The van der Waals surface area contributed by atoms with E-state index in [-0.39, 0.29) is 11.5 Å². The van der Waals surface area contributed by atoms with Crippen molar-refractivity contribution in [1.29, 1.82) is 0 Å². The lowest BCUT2D eigenvalue weighted by Crippen LogP contribution is -2.06. The van der Waals surface area contributed by atoms with Crippen molar-refractivity contribution in [3.8, 4) is 11.8 Å². The summed E-state index contributed by atoms with van der Waals surface area (Å²) in [5.41, 5.74) is 1.01. The lowest BCUT2D eigenvalue weighted by Gasteiger charge is -2.03. The zero-order valence-corrected chi connectivity index (χ0v) is 11.9. The molecule has 0 spiro atoms. The van der Waals surface area contributed by atoms with Crippen LogP contribution in [0.3, 0.4) is 0 Å². The standard InChI is InChI=1S/C15H18O3S/c1-13-8-10-15(11-9-13)19(16,17)18-12-4-7-14-5-2-3-6-14/h8-11,14H,2-3,5-6,12H2,1H3. The van der Waals surface area contributed by atoms with Gasteiger partial charge < -0.3 is 0 Å². The van der Waals surface area contributed by atoms with Gasteiger partial charge in [-0.05, 0) is 31.9 Å². The number of rotatable bonds is 3. The van der Waals surface area contributed by atoms with Crippen LogP contribution in [-0.2, 0) is 14.3 Å². The van der Waals surface area contributed by atoms with Gasteiger partial charge in [0.15, 0.2) is 0 Å². The molecule has 1 aliphatic carbocycles. The van der Waals surface area contributed by atoms with E-state index in [4.69, 9.17) is 4.18 Å². The minimum absolute atomic E-state index is 0.0628. The van der Waals surface area contributed by atoms with E-state index in [1.54, 1.807) is 24.3 Å². The molecule has 1 aromatic carbocycles. The van der Waals surface area contributed by atoms with Crippen LogP contribution in [-0.4, -0.2) is 15.0 Å². The maximum atomic E-state index is 11.8. The van der Waals surface area contributed by atoms with E-state index in [1.165, 1.54) is 12.8 Å². The van der Waals surface area contributed by atoms with E-state index in [9.17, 15) is 8.42 Å². The quantitative estimate of drug-likeness (QED) is 0.630. The van der Waals surface area contributed by atoms with Crippen LogP contribution in [0.1, 0.15) is 31.2 Å². The van der Waals surface area contributed by atoms with Crippen LogP contribution in [0.25, 0.3) is 0 Å². The lowest BCUT2D eigenvalue weighted by atomic mass is 10.1. The second kappa shape index (κ2) is 6.23. The Morgan fingerprint density at radius 2 is 1.84 bits per heavy atom. The number of hydrogen-bond acceptors (Lipinski definition) is 3. The largest absolute Gasteiger partial charge is 0.297 e. The van der Waals surface area contributed by atoms with Crippen molar-refractivity contribution < 1.29 is 12.6 Å². The summed E-state index contributed by atoms with van der Waals surface area (Å²) < 4.78 is 28.6. The van der Waals surface area contributed by atoms with Crippen molar-refractivity contribution in [3.05, 3.63) is 29.8 Å². The van der Waals surface area contributed by atoms with Gasteiger partial charge in [0, 0.05) is 5.92 Å². The predicted molar refractivity (Wildman–Crippen MR) is 74.1 cm³/mol. The molecule has 0 N–H and O–H groups in total. The zero-order valence-electron chi connectivity index (χ0n) is 11.1. The van der Waals surface area contributed by atoms with Gasteiger partial charge in [-0.15, -0.1) is 0 Å². The maximum Gasteiger partial charge on any atom is 0.297 e. The van der Waals surface area contributed by atoms with Gasteiger partial charge in [0.1, 0.15) is 6.61 Å². The molecule has 0 amide bonds. The number of benzene rings is 1. The highest BCUT2D eigenvalue weighted by molar-refractivity contribution is 7.86. The first-order valence-electron chi connectivity index (χ1n) is 6.52. The highest BCUT2D eigenvalue weighted by Crippen LogP contribution is 2.23. The van der Waals surface area contributed by atoms with E-state index >= 15 is 0 Å². The van der Waals surface area contributed by atoms with Crippen molar-refractivity contribution in [2.75, 3.05) is 6.61 Å². The Morgan fingerprint density at radius 3 is 2.47 bits per heavy atom. The van der Waals surface area contributed by atoms with E-state index in [1.807, 2.05) is 6.92 Å². The summed E-state index contributed by atoms with van der Waals surface area (Å²) in [7, 11) is -3.68. The van der Waals surface area contributed by atoms with Crippen LogP contribution < -0.4 is 0 Å². The molecule has 1 fully saturated rings. The Kier molecular flexibility index (Phi) is 4.62. The fourth-order valence-corrected chi connectivity index (χ4v) is 2.96. The molecule has 2 rings (SSSR count). The van der Waals surface area contributed by atoms with Gasteiger partial charge in [-0.25, -0.2) is 0 Å². The molecule has 0 unspecified atom stereocenters.